The third-order valence-electron chi connectivity index (χ3n) is 7.08. The lowest BCUT2D eigenvalue weighted by molar-refractivity contribution is -0.140. The lowest BCUT2D eigenvalue weighted by Crippen LogP contribution is -2.40. The molecule has 6 rings (SSSR count). The zero-order valence-electron chi connectivity index (χ0n) is 21.5. The van der Waals surface area contributed by atoms with E-state index in [0.29, 0.717) is 59.9 Å². The van der Waals surface area contributed by atoms with E-state index in [1.807, 2.05) is 20.0 Å². The van der Waals surface area contributed by atoms with Crippen LogP contribution in [-0.2, 0) is 9.53 Å². The fourth-order valence-corrected chi connectivity index (χ4v) is 4.95. The van der Waals surface area contributed by atoms with E-state index in [0.717, 1.165) is 24.2 Å². The van der Waals surface area contributed by atoms with Gasteiger partial charge in [0.2, 0.25) is 0 Å². The van der Waals surface area contributed by atoms with Crippen LogP contribution in [0.25, 0.3) is 33.7 Å². The van der Waals surface area contributed by atoms with Crippen molar-refractivity contribution in [1.82, 2.24) is 44.8 Å². The summed E-state index contributed by atoms with van der Waals surface area (Å²) in [4.78, 5) is 32.9. The van der Waals surface area contributed by atoms with Crippen LogP contribution in [0.1, 0.15) is 63.3 Å². The van der Waals surface area contributed by atoms with Crippen molar-refractivity contribution >= 4 is 28.9 Å². The predicted octanol–water partition coefficient (Wildman–Crippen LogP) is 2.64. The largest absolute Gasteiger partial charge is 0.479 e. The molecule has 1 saturated heterocycles. The summed E-state index contributed by atoms with van der Waals surface area (Å²) in [5, 5.41) is 27.5. The van der Waals surface area contributed by atoms with Gasteiger partial charge in [-0.3, -0.25) is 0 Å². The number of carbonyl (C=O) groups is 2. The van der Waals surface area contributed by atoms with Crippen molar-refractivity contribution in [2.75, 3.05) is 25.4 Å². The van der Waals surface area contributed by atoms with E-state index >= 15 is 0 Å². The van der Waals surface area contributed by atoms with Crippen molar-refractivity contribution in [1.29, 1.82) is 0 Å². The van der Waals surface area contributed by atoms with Crippen molar-refractivity contribution in [2.24, 2.45) is 0 Å². The Morgan fingerprint density at radius 3 is 2.64 bits per heavy atom. The molecule has 4 aromatic heterocycles. The summed E-state index contributed by atoms with van der Waals surface area (Å²) in [6.07, 6.45) is 5.89. The highest BCUT2D eigenvalue weighted by molar-refractivity contribution is 6.00. The van der Waals surface area contributed by atoms with Crippen molar-refractivity contribution in [2.45, 2.75) is 57.5 Å². The molecule has 15 nitrogen and oxygen atoms in total. The monoisotopic (exact) mass is 536 g/mol. The van der Waals surface area contributed by atoms with Crippen LogP contribution in [0.15, 0.2) is 17.0 Å². The molecule has 15 heteroatoms. The minimum atomic E-state index is -1.19. The smallest absolute Gasteiger partial charge is 0.410 e. The Labute approximate surface area is 221 Å². The maximum atomic E-state index is 12.1. The molecule has 2 aliphatic rings. The number of carboxylic acid groups (broad SMARTS) is 1. The number of nitrogen functional groups attached to an aromatic ring is 1. The third-order valence-corrected chi connectivity index (χ3v) is 7.08. The number of ether oxygens (including phenoxy) is 1. The van der Waals surface area contributed by atoms with Gasteiger partial charge in [0.05, 0.1) is 23.2 Å². The van der Waals surface area contributed by atoms with Crippen molar-refractivity contribution in [3.8, 4) is 22.6 Å². The van der Waals surface area contributed by atoms with Crippen molar-refractivity contribution in [3.63, 3.8) is 0 Å². The van der Waals surface area contributed by atoms with Crippen LogP contribution < -0.4 is 5.73 Å². The van der Waals surface area contributed by atoms with Gasteiger partial charge >= 0.3 is 12.1 Å². The Kier molecular flexibility index (Phi) is 6.12. The molecule has 0 unspecified atom stereocenters. The quantitative estimate of drug-likeness (QED) is 0.351. The number of hydrogen-bond donors (Lipinski definition) is 2. The number of anilines is 1. The van der Waals surface area contributed by atoms with Crippen LogP contribution in [0.3, 0.4) is 0 Å². The first-order valence-corrected chi connectivity index (χ1v) is 12.9. The number of carboxylic acids is 1. The van der Waals surface area contributed by atoms with E-state index < -0.39 is 18.7 Å². The highest BCUT2D eigenvalue weighted by Crippen LogP contribution is 2.48. The van der Waals surface area contributed by atoms with Crippen LogP contribution in [0, 0.1) is 0 Å². The van der Waals surface area contributed by atoms with E-state index in [9.17, 15) is 9.59 Å². The van der Waals surface area contributed by atoms with Crippen LogP contribution in [0.2, 0.25) is 0 Å². The van der Waals surface area contributed by atoms with Gasteiger partial charge in [0.25, 0.3) is 0 Å². The molecule has 39 heavy (non-hydrogen) atoms. The SMILES string of the molecule is CC(C)n1nc(-c2noc(C3CC3)c2-c2cn(C3CCN(C(=O)OCC(=O)O)CC3)nn2)c2c(N)ncnc21. The molecular weight excluding hydrogens is 508 g/mol. The molecule has 1 saturated carbocycles. The molecule has 0 radical (unpaired) electrons. The minimum absolute atomic E-state index is 0.00693. The number of nitrogens with zero attached hydrogens (tertiary/aromatic N) is 9. The van der Waals surface area contributed by atoms with Crippen LogP contribution in [-0.4, -0.2) is 81.7 Å². The summed E-state index contributed by atoms with van der Waals surface area (Å²) in [7, 11) is 0. The Hall–Kier alpha value is -4.56. The van der Waals surface area contributed by atoms with Gasteiger partial charge in [-0.15, -0.1) is 5.10 Å². The molecular formula is C24H28N10O5. The topological polar surface area (TPSA) is 193 Å². The lowest BCUT2D eigenvalue weighted by Gasteiger charge is -2.30. The average molecular weight is 537 g/mol. The molecule has 0 bridgehead atoms. The highest BCUT2D eigenvalue weighted by atomic mass is 16.6. The molecule has 1 aliphatic heterocycles. The van der Waals surface area contributed by atoms with Gasteiger partial charge in [0.15, 0.2) is 12.3 Å². The number of hydrogen-bond acceptors (Lipinski definition) is 11. The third kappa shape index (κ3) is 4.53. The Morgan fingerprint density at radius 2 is 1.95 bits per heavy atom. The highest BCUT2D eigenvalue weighted by Gasteiger charge is 2.36. The second kappa shape index (κ2) is 9.63. The minimum Gasteiger partial charge on any atom is -0.479 e. The van der Waals surface area contributed by atoms with Crippen LogP contribution in [0.5, 0.6) is 0 Å². The lowest BCUT2D eigenvalue weighted by atomic mass is 10.0. The number of rotatable bonds is 7. The summed E-state index contributed by atoms with van der Waals surface area (Å²) in [6, 6.07) is 0.0365. The summed E-state index contributed by atoms with van der Waals surface area (Å²) in [5.74, 6) is 0.113. The fraction of sp³-hybridized carbons (Fsp3) is 0.500. The van der Waals surface area contributed by atoms with Gasteiger partial charge in [0, 0.05) is 25.0 Å². The van der Waals surface area contributed by atoms with Gasteiger partial charge in [-0.25, -0.2) is 28.9 Å². The van der Waals surface area contributed by atoms with Gasteiger partial charge in [-0.05, 0) is 39.5 Å². The first-order chi connectivity index (χ1) is 18.8. The van der Waals surface area contributed by atoms with Crippen LogP contribution in [0.4, 0.5) is 10.6 Å². The summed E-state index contributed by atoms with van der Waals surface area (Å²) < 4.78 is 14.3. The van der Waals surface area contributed by atoms with E-state index in [-0.39, 0.29) is 18.0 Å². The molecule has 2 fully saturated rings. The molecule has 1 amide bonds. The van der Waals surface area contributed by atoms with E-state index in [1.54, 1.807) is 9.36 Å². The zero-order chi connectivity index (χ0) is 27.3. The van der Waals surface area contributed by atoms with E-state index in [4.69, 9.17) is 25.2 Å². The maximum absolute atomic E-state index is 12.1. The van der Waals surface area contributed by atoms with Gasteiger partial charge in [-0.2, -0.15) is 5.10 Å². The van der Waals surface area contributed by atoms with E-state index in [1.165, 1.54) is 11.2 Å². The van der Waals surface area contributed by atoms with Crippen molar-refractivity contribution in [3.05, 3.63) is 18.3 Å². The molecule has 0 atom stereocenters. The molecule has 3 N–H and O–H groups in total. The van der Waals surface area contributed by atoms with Gasteiger partial charge in [0.1, 0.15) is 35.0 Å². The maximum Gasteiger partial charge on any atom is 0.410 e. The number of amides is 1. The second-order valence-electron chi connectivity index (χ2n) is 10.1. The standard InChI is InChI=1S/C24H28N10O5/c1-12(2)34-23-18(22(25)26-11-27-23)19(29-34)20-17(21(39-30-20)13-3-4-13)15-9-33(31-28-15)14-5-7-32(8-6-14)24(37)38-10-16(35)36/h9,11-14H,3-8,10H2,1-2H3,(H,35,36)(H2,25,26,27). The number of carbonyl (C=O) groups excluding carboxylic acids is 1. The Balaban J connectivity index is 1.31. The Bertz CT molecular complexity index is 1540. The molecule has 0 aromatic carbocycles. The molecule has 0 spiro atoms. The molecule has 1 aliphatic carbocycles. The number of nitrogens with two attached hydrogens (primary N) is 1. The van der Waals surface area contributed by atoms with Gasteiger partial charge < -0.3 is 25.0 Å². The number of aliphatic carboxylic acids is 1. The molecule has 5 heterocycles. The first-order valence-electron chi connectivity index (χ1n) is 12.9. The number of piperidine rings is 1. The van der Waals surface area contributed by atoms with Gasteiger partial charge in [-0.1, -0.05) is 10.4 Å². The normalized spacial score (nSPS) is 16.3. The molecule has 4 aromatic rings. The number of aromatic nitrogens is 8. The fourth-order valence-electron chi connectivity index (χ4n) is 4.95. The summed E-state index contributed by atoms with van der Waals surface area (Å²) in [6.45, 7) is 4.20. The van der Waals surface area contributed by atoms with E-state index in [2.05, 4.69) is 25.4 Å². The molecule has 204 valence electrons. The summed E-state index contributed by atoms with van der Waals surface area (Å²) in [5.41, 5.74) is 9.30. The predicted molar refractivity (Wildman–Crippen MR) is 135 cm³/mol. The second-order valence-corrected chi connectivity index (χ2v) is 10.1. The van der Waals surface area contributed by atoms with Crippen LogP contribution >= 0.6 is 0 Å². The van der Waals surface area contributed by atoms with Crippen molar-refractivity contribution < 1.29 is 24.0 Å². The number of likely N-dealkylation sites (tertiary alicyclic amines) is 1. The summed E-state index contributed by atoms with van der Waals surface area (Å²) >= 11 is 0. The number of fused-ring (bicyclic) bond motifs is 1. The zero-order valence-corrected chi connectivity index (χ0v) is 21.5. The average Bonchev–Trinajstić information content (AvgIpc) is 3.32. The Morgan fingerprint density at radius 1 is 1.18 bits per heavy atom. The first kappa shape index (κ1) is 24.8.